The minimum atomic E-state index is -2.50. The van der Waals surface area contributed by atoms with E-state index >= 15 is 0 Å². The third-order valence-electron chi connectivity index (χ3n) is 2.86. The Balaban J connectivity index is 4.52. The van der Waals surface area contributed by atoms with Crippen LogP contribution in [0.1, 0.15) is 33.6 Å². The predicted octanol–water partition coefficient (Wildman–Crippen LogP) is 3.89. The standard InChI is InChI=1S/C10H22F2S/c1-7-10(11,12)8-9(2,3)13(4,5)6/h7-8H2,1-6H3. The maximum Gasteiger partial charge on any atom is 0.249 e. The van der Waals surface area contributed by atoms with Crippen LogP contribution in [0.4, 0.5) is 8.78 Å². The molecule has 3 heteroatoms. The van der Waals surface area contributed by atoms with Crippen molar-refractivity contribution in [1.82, 2.24) is 0 Å². The van der Waals surface area contributed by atoms with Crippen LogP contribution < -0.4 is 0 Å². The van der Waals surface area contributed by atoms with Gasteiger partial charge in [-0.15, -0.1) is 0 Å². The van der Waals surface area contributed by atoms with Gasteiger partial charge in [-0.25, -0.2) is 18.8 Å². The van der Waals surface area contributed by atoms with Crippen LogP contribution in [0.15, 0.2) is 0 Å². The van der Waals surface area contributed by atoms with Crippen LogP contribution in [0.5, 0.6) is 0 Å². The smallest absolute Gasteiger partial charge is 0.244 e. The summed E-state index contributed by atoms with van der Waals surface area (Å²) in [5.41, 5.74) is 0. The molecule has 0 rings (SSSR count). The van der Waals surface area contributed by atoms with Crippen molar-refractivity contribution in [3.8, 4) is 0 Å². The number of hydrogen-bond acceptors (Lipinski definition) is 0. The molecule has 0 heterocycles. The van der Waals surface area contributed by atoms with E-state index in [1.165, 1.54) is 0 Å². The molecule has 0 N–H and O–H groups in total. The average Bonchev–Trinajstić information content (AvgIpc) is 1.83. The lowest BCUT2D eigenvalue weighted by Crippen LogP contribution is -2.34. The van der Waals surface area contributed by atoms with Gasteiger partial charge in [0.05, 0.1) is 0 Å². The molecule has 0 aromatic rings. The van der Waals surface area contributed by atoms with Crippen molar-refractivity contribution in [3.05, 3.63) is 0 Å². The molecule has 0 bridgehead atoms. The van der Waals surface area contributed by atoms with Gasteiger partial charge in [-0.2, -0.15) is 0 Å². The lowest BCUT2D eigenvalue weighted by Gasteiger charge is -2.45. The molecule has 0 aliphatic carbocycles. The molecule has 0 saturated carbocycles. The molecule has 13 heavy (non-hydrogen) atoms. The number of halogens is 2. The van der Waals surface area contributed by atoms with Gasteiger partial charge in [-0.05, 0) is 23.5 Å². The van der Waals surface area contributed by atoms with Crippen molar-refractivity contribution in [3.63, 3.8) is 0 Å². The van der Waals surface area contributed by atoms with E-state index in [9.17, 15) is 8.78 Å². The first-order valence-corrected chi connectivity index (χ1v) is 7.43. The zero-order chi connectivity index (χ0) is 10.9. The van der Waals surface area contributed by atoms with E-state index in [1.807, 2.05) is 13.8 Å². The molecular formula is C10H22F2S. The molecule has 0 amide bonds. The fraction of sp³-hybridized carbons (Fsp3) is 1.00. The summed E-state index contributed by atoms with van der Waals surface area (Å²) in [6.07, 6.45) is 6.25. The molecule has 0 aromatic heterocycles. The fourth-order valence-corrected chi connectivity index (χ4v) is 1.61. The third-order valence-corrected chi connectivity index (χ3v) is 6.32. The molecular weight excluding hydrogens is 190 g/mol. The van der Waals surface area contributed by atoms with Crippen LogP contribution >= 0.6 is 10.0 Å². The summed E-state index contributed by atoms with van der Waals surface area (Å²) >= 11 is 0. The quantitative estimate of drug-likeness (QED) is 0.663. The van der Waals surface area contributed by atoms with Gasteiger partial charge in [-0.3, -0.25) is 0 Å². The molecule has 0 aromatic carbocycles. The minimum Gasteiger partial charge on any atom is -0.244 e. The highest BCUT2D eigenvalue weighted by molar-refractivity contribution is 8.33. The van der Waals surface area contributed by atoms with Gasteiger partial charge in [0.25, 0.3) is 0 Å². The molecule has 0 aliphatic heterocycles. The van der Waals surface area contributed by atoms with Gasteiger partial charge in [-0.1, -0.05) is 20.8 Å². The molecule has 0 aliphatic rings. The van der Waals surface area contributed by atoms with E-state index in [0.717, 1.165) is 0 Å². The average molecular weight is 212 g/mol. The molecule has 0 spiro atoms. The second-order valence-electron chi connectivity index (χ2n) is 4.98. The molecule has 0 unspecified atom stereocenters. The van der Waals surface area contributed by atoms with Gasteiger partial charge in [0.15, 0.2) is 0 Å². The maximum atomic E-state index is 13.2. The molecule has 0 radical (unpaired) electrons. The summed E-state index contributed by atoms with van der Waals surface area (Å²) in [6.45, 7) is 5.45. The first-order valence-electron chi connectivity index (χ1n) is 4.57. The highest BCUT2D eigenvalue weighted by Crippen LogP contribution is 2.54. The summed E-state index contributed by atoms with van der Waals surface area (Å²) < 4.78 is 26.1. The van der Waals surface area contributed by atoms with Gasteiger partial charge >= 0.3 is 0 Å². The summed E-state index contributed by atoms with van der Waals surface area (Å²) in [5.74, 6) is -2.50. The maximum absolute atomic E-state index is 13.2. The second-order valence-corrected chi connectivity index (χ2v) is 9.76. The Bertz CT molecular complexity index is 168. The van der Waals surface area contributed by atoms with Gasteiger partial charge < -0.3 is 0 Å². The van der Waals surface area contributed by atoms with Crippen LogP contribution in [0, 0.1) is 0 Å². The molecule has 0 fully saturated rings. The number of rotatable bonds is 4. The second kappa shape index (κ2) is 3.76. The number of hydrogen-bond donors (Lipinski definition) is 0. The lowest BCUT2D eigenvalue weighted by molar-refractivity contribution is -0.0184. The fourth-order valence-electron chi connectivity index (χ4n) is 0.964. The Kier molecular flexibility index (Phi) is 3.82. The largest absolute Gasteiger partial charge is 0.249 e. The minimum absolute atomic E-state index is 0.00926. The van der Waals surface area contributed by atoms with Crippen molar-refractivity contribution in [2.75, 3.05) is 18.8 Å². The number of alkyl halides is 2. The predicted molar refractivity (Wildman–Crippen MR) is 59.3 cm³/mol. The Labute approximate surface area is 82.4 Å². The lowest BCUT2D eigenvalue weighted by atomic mass is 10.0. The SMILES string of the molecule is CCC(F)(F)CC(C)(C)S(C)(C)C. The van der Waals surface area contributed by atoms with E-state index in [2.05, 4.69) is 18.8 Å². The van der Waals surface area contributed by atoms with E-state index in [0.29, 0.717) is 0 Å². The van der Waals surface area contributed by atoms with E-state index < -0.39 is 16.0 Å². The van der Waals surface area contributed by atoms with Gasteiger partial charge in [0.2, 0.25) is 5.92 Å². The Morgan fingerprint density at radius 2 is 1.46 bits per heavy atom. The van der Waals surface area contributed by atoms with Crippen molar-refractivity contribution in [2.45, 2.75) is 44.3 Å². The topological polar surface area (TPSA) is 0 Å². The summed E-state index contributed by atoms with van der Waals surface area (Å²) in [7, 11) is -0.926. The van der Waals surface area contributed by atoms with E-state index in [4.69, 9.17) is 0 Å². The first-order chi connectivity index (χ1) is 5.52. The summed E-state index contributed by atoms with van der Waals surface area (Å²) in [5, 5.41) is 0. The Morgan fingerprint density at radius 1 is 1.08 bits per heavy atom. The molecule has 0 atom stereocenters. The summed E-state index contributed by atoms with van der Waals surface area (Å²) in [4.78, 5) is 0. The first kappa shape index (κ1) is 13.2. The Morgan fingerprint density at radius 3 is 1.69 bits per heavy atom. The monoisotopic (exact) mass is 212 g/mol. The van der Waals surface area contributed by atoms with Crippen molar-refractivity contribution in [2.24, 2.45) is 0 Å². The third kappa shape index (κ3) is 3.84. The molecule has 82 valence electrons. The van der Waals surface area contributed by atoms with Crippen LogP contribution in [0.2, 0.25) is 0 Å². The van der Waals surface area contributed by atoms with Gasteiger partial charge in [0.1, 0.15) is 0 Å². The van der Waals surface area contributed by atoms with Crippen LogP contribution in [0.25, 0.3) is 0 Å². The summed E-state index contributed by atoms with van der Waals surface area (Å²) in [6, 6.07) is 0. The zero-order valence-corrected chi connectivity index (χ0v) is 10.4. The van der Waals surface area contributed by atoms with Crippen molar-refractivity contribution < 1.29 is 8.78 Å². The van der Waals surface area contributed by atoms with Crippen molar-refractivity contribution >= 4 is 10.0 Å². The molecule has 0 nitrogen and oxygen atoms in total. The van der Waals surface area contributed by atoms with E-state index in [-0.39, 0.29) is 17.6 Å². The highest BCUT2D eigenvalue weighted by Gasteiger charge is 2.39. The Hall–Kier alpha value is 0.210. The normalized spacial score (nSPS) is 16.0. The highest BCUT2D eigenvalue weighted by atomic mass is 32.3. The zero-order valence-electron chi connectivity index (χ0n) is 9.58. The van der Waals surface area contributed by atoms with Crippen molar-refractivity contribution in [1.29, 1.82) is 0 Å². The van der Waals surface area contributed by atoms with Gasteiger partial charge in [0, 0.05) is 12.8 Å². The van der Waals surface area contributed by atoms with Crippen LogP contribution in [0.3, 0.4) is 0 Å². The van der Waals surface area contributed by atoms with Crippen LogP contribution in [-0.2, 0) is 0 Å². The van der Waals surface area contributed by atoms with Crippen LogP contribution in [-0.4, -0.2) is 29.4 Å². The van der Waals surface area contributed by atoms with E-state index in [1.54, 1.807) is 6.92 Å². The molecule has 0 saturated heterocycles.